The number of nitrogens with zero attached hydrogens (tertiary/aromatic N) is 1. The van der Waals surface area contributed by atoms with Crippen molar-refractivity contribution in [1.29, 1.82) is 0 Å². The summed E-state index contributed by atoms with van der Waals surface area (Å²) in [5.41, 5.74) is 16.5. The zero-order valence-electron chi connectivity index (χ0n) is 40.8. The molecule has 2 fully saturated rings. The summed E-state index contributed by atoms with van der Waals surface area (Å²) < 4.78 is 0. The van der Waals surface area contributed by atoms with Gasteiger partial charge in [-0.1, -0.05) is 74.9 Å². The molecule has 68 heavy (non-hydrogen) atoms. The van der Waals surface area contributed by atoms with Crippen molar-refractivity contribution in [2.75, 3.05) is 21.3 Å². The van der Waals surface area contributed by atoms with Crippen LogP contribution < -0.4 is 21.3 Å². The van der Waals surface area contributed by atoms with Crippen LogP contribution in [0.4, 0.5) is 22.7 Å². The van der Waals surface area contributed by atoms with Crippen molar-refractivity contribution in [1.82, 2.24) is 4.98 Å². The number of aromatic nitrogens is 1. The fourth-order valence-electron chi connectivity index (χ4n) is 12.4. The maximum Gasteiger partial charge on any atom is 0.274 e. The second-order valence-corrected chi connectivity index (χ2v) is 20.0. The van der Waals surface area contributed by atoms with E-state index in [-0.39, 0.29) is 45.8 Å². The molecular weight excluding hydrogens is 843 g/mol. The summed E-state index contributed by atoms with van der Waals surface area (Å²) in [7, 11) is 0. The molecule has 9 heteroatoms. The number of aryl methyl sites for hydroxylation is 8. The Hall–Kier alpha value is -6.87. The summed E-state index contributed by atoms with van der Waals surface area (Å²) in [6.07, 6.45) is 10.6. The van der Waals surface area contributed by atoms with E-state index >= 15 is 0 Å². The van der Waals surface area contributed by atoms with Crippen LogP contribution in [0.1, 0.15) is 173 Å². The molecule has 12 aliphatic rings. The van der Waals surface area contributed by atoms with E-state index in [1.807, 2.05) is 27.7 Å². The molecule has 1 aromatic heterocycles. The SMILES string of the molecule is Cc1cc2cc(C)c1NC(=O)c1cccc(n1)C(=O)Nc1c(C)cc(cc1C)C1(CCCCC1)c1c(C)cc(cc1C)NC(=O)c1cccc(c1)C(=O)Nc1cc(C)c(c(C)c1)C21CCCCC1. The van der Waals surface area contributed by atoms with Crippen molar-refractivity contribution in [2.24, 2.45) is 0 Å². The number of anilines is 4. The van der Waals surface area contributed by atoms with E-state index in [1.54, 1.807) is 42.5 Å². The van der Waals surface area contributed by atoms with Gasteiger partial charge in [0.1, 0.15) is 11.4 Å². The number of nitrogens with one attached hydrogen (secondary N) is 4. The Kier molecular flexibility index (Phi) is 12.5. The molecular formula is C59H63N5O4. The molecule has 10 aliphatic heterocycles. The molecule has 18 rings (SSSR count). The second kappa shape index (κ2) is 18.3. The van der Waals surface area contributed by atoms with Crippen molar-refractivity contribution in [3.63, 3.8) is 0 Å². The van der Waals surface area contributed by atoms with Crippen LogP contribution in [0.5, 0.6) is 0 Å². The van der Waals surface area contributed by atoms with Crippen molar-refractivity contribution in [3.8, 4) is 0 Å². The summed E-state index contributed by atoms with van der Waals surface area (Å²) in [6, 6.07) is 29.0. The van der Waals surface area contributed by atoms with Gasteiger partial charge in [0.15, 0.2) is 0 Å². The molecule has 11 heterocycles. The summed E-state index contributed by atoms with van der Waals surface area (Å²) in [5.74, 6) is -1.35. The zero-order chi connectivity index (χ0) is 48.1. The Morgan fingerprint density at radius 2 is 0.721 bits per heavy atom. The predicted molar refractivity (Wildman–Crippen MR) is 274 cm³/mol. The average Bonchev–Trinajstić information content (AvgIpc) is 3.31. The molecule has 348 valence electrons. The van der Waals surface area contributed by atoms with Gasteiger partial charge in [0.25, 0.3) is 23.6 Å². The van der Waals surface area contributed by atoms with Gasteiger partial charge in [0.2, 0.25) is 0 Å². The number of hydrogen-bond donors (Lipinski definition) is 4. The minimum absolute atomic E-state index is 0.153. The monoisotopic (exact) mass is 905 g/mol. The van der Waals surface area contributed by atoms with Gasteiger partial charge >= 0.3 is 0 Å². The van der Waals surface area contributed by atoms with Gasteiger partial charge in [-0.25, -0.2) is 4.98 Å². The summed E-state index contributed by atoms with van der Waals surface area (Å²) in [5, 5.41) is 12.6. The lowest BCUT2D eigenvalue weighted by Crippen LogP contribution is -2.33. The van der Waals surface area contributed by atoms with Crippen LogP contribution in [0.2, 0.25) is 0 Å². The van der Waals surface area contributed by atoms with Gasteiger partial charge in [-0.3, -0.25) is 19.2 Å². The predicted octanol–water partition coefficient (Wildman–Crippen LogP) is 13.4. The molecule has 2 spiro atoms. The Balaban J connectivity index is 1.14. The quantitative estimate of drug-likeness (QED) is 0.121. The highest BCUT2D eigenvalue weighted by atomic mass is 16.2. The third-order valence-corrected chi connectivity index (χ3v) is 15.2. The highest BCUT2D eigenvalue weighted by Crippen LogP contribution is 2.50. The van der Waals surface area contributed by atoms with Gasteiger partial charge in [-0.15, -0.1) is 0 Å². The van der Waals surface area contributed by atoms with E-state index in [4.69, 9.17) is 0 Å². The van der Waals surface area contributed by atoms with Gasteiger partial charge in [0.05, 0.1) is 0 Å². The third-order valence-electron chi connectivity index (χ3n) is 15.2. The fourth-order valence-corrected chi connectivity index (χ4v) is 12.4. The van der Waals surface area contributed by atoms with Gasteiger partial charge < -0.3 is 21.3 Å². The van der Waals surface area contributed by atoms with Gasteiger partial charge in [0, 0.05) is 44.7 Å². The first-order valence-electron chi connectivity index (χ1n) is 24.4. The molecule has 4 amide bonds. The first-order valence-corrected chi connectivity index (χ1v) is 24.4. The van der Waals surface area contributed by atoms with E-state index in [1.165, 1.54) is 35.1 Å². The number of amides is 4. The Bertz CT molecular complexity index is 2760. The largest absolute Gasteiger partial charge is 0.322 e. The first-order chi connectivity index (χ1) is 32.6. The summed E-state index contributed by atoms with van der Waals surface area (Å²) in [4.78, 5) is 60.5. The summed E-state index contributed by atoms with van der Waals surface area (Å²) >= 11 is 0. The lowest BCUT2D eigenvalue weighted by atomic mass is 9.62. The molecule has 9 nitrogen and oxygen atoms in total. The van der Waals surface area contributed by atoms with E-state index in [2.05, 4.69) is 102 Å². The van der Waals surface area contributed by atoms with Gasteiger partial charge in [-0.05, 0) is 202 Å². The van der Waals surface area contributed by atoms with Crippen LogP contribution in [0.3, 0.4) is 0 Å². The third kappa shape index (κ3) is 8.52. The molecule has 4 N–H and O–H groups in total. The summed E-state index contributed by atoms with van der Waals surface area (Å²) in [6.45, 7) is 16.7. The van der Waals surface area contributed by atoms with E-state index in [0.29, 0.717) is 22.5 Å². The number of rotatable bonds is 0. The number of carbonyl (C=O) groups excluding carboxylic acids is 4. The van der Waals surface area contributed by atoms with Crippen LogP contribution in [-0.4, -0.2) is 28.6 Å². The lowest BCUT2D eigenvalue weighted by molar-refractivity contribution is 0.100. The van der Waals surface area contributed by atoms with E-state index < -0.39 is 0 Å². The normalized spacial score (nSPS) is 17.1. The highest BCUT2D eigenvalue weighted by Gasteiger charge is 2.40. The smallest absolute Gasteiger partial charge is 0.274 e. The Morgan fingerprint density at radius 1 is 0.382 bits per heavy atom. The fraction of sp³-hybridized carbons (Fsp3) is 0.339. The number of carbonyl (C=O) groups is 4. The molecule has 12 bridgehead atoms. The standard InChI is InChI=1S/C59H63N5O4/c1-34-29-46-30-35(2)50(34)58(21-11-9-12-22-58)44-25-38(5)52(39(6)26-44)63-56(67)48-19-16-20-49(62-48)57(68)64-53-40(7)27-45(28-41(53)8)59(23-13-10-14-24-59)51-36(3)31-47(32-37(51)4)61-55(66)43-18-15-17-42(33-43)54(65)60-46/h15-20,25-33H,9-14,21-24H2,1-8H3,(H,60,65)(H,61,66)(H,63,67)(H,64,68). The highest BCUT2D eigenvalue weighted by molar-refractivity contribution is 6.09. The maximum absolute atomic E-state index is 14.0. The molecule has 0 saturated heterocycles. The second-order valence-electron chi connectivity index (χ2n) is 20.0. The topological polar surface area (TPSA) is 129 Å². The number of pyridine rings is 1. The first kappa shape index (κ1) is 46.2. The minimum Gasteiger partial charge on any atom is -0.322 e. The van der Waals surface area contributed by atoms with Crippen LogP contribution in [-0.2, 0) is 10.8 Å². The van der Waals surface area contributed by atoms with Gasteiger partial charge in [-0.2, -0.15) is 0 Å². The Labute approximate surface area is 401 Å². The molecule has 2 aliphatic carbocycles. The maximum atomic E-state index is 14.0. The van der Waals surface area contributed by atoms with Crippen molar-refractivity contribution in [2.45, 2.75) is 130 Å². The lowest BCUT2D eigenvalue weighted by Gasteiger charge is -2.41. The molecule has 6 aromatic rings. The average molecular weight is 906 g/mol. The zero-order valence-corrected chi connectivity index (χ0v) is 40.8. The van der Waals surface area contributed by atoms with E-state index in [0.717, 1.165) is 107 Å². The molecule has 0 unspecified atom stereocenters. The van der Waals surface area contributed by atoms with E-state index in [9.17, 15) is 19.2 Å². The van der Waals surface area contributed by atoms with Crippen LogP contribution in [0, 0.1) is 55.4 Å². The minimum atomic E-state index is -0.386. The van der Waals surface area contributed by atoms with Crippen LogP contribution in [0.25, 0.3) is 0 Å². The van der Waals surface area contributed by atoms with Crippen LogP contribution >= 0.6 is 0 Å². The number of hydrogen-bond acceptors (Lipinski definition) is 5. The number of benzene rings is 5. The molecule has 0 radical (unpaired) electrons. The molecule has 0 atom stereocenters. The van der Waals surface area contributed by atoms with Crippen molar-refractivity contribution < 1.29 is 19.2 Å². The Morgan fingerprint density at radius 3 is 1.07 bits per heavy atom. The van der Waals surface area contributed by atoms with Crippen molar-refractivity contribution in [3.05, 3.63) is 180 Å². The van der Waals surface area contributed by atoms with Crippen LogP contribution in [0.15, 0.2) is 91.0 Å². The van der Waals surface area contributed by atoms with Crippen molar-refractivity contribution >= 4 is 46.4 Å². The molecule has 5 aromatic carbocycles. The molecule has 2 saturated carbocycles.